The highest BCUT2D eigenvalue weighted by molar-refractivity contribution is 6.06. The Morgan fingerprint density at radius 1 is 1.33 bits per heavy atom. The van der Waals surface area contributed by atoms with Gasteiger partial charge in [-0.15, -0.1) is 0 Å². The number of benzene rings is 1. The molecule has 3 nitrogen and oxygen atoms in total. The molecule has 1 aromatic carbocycles. The Morgan fingerprint density at radius 3 is 2.67 bits per heavy atom. The molecule has 3 heteroatoms. The molecule has 0 bridgehead atoms. The molecule has 1 heterocycles. The van der Waals surface area contributed by atoms with Crippen molar-refractivity contribution in [2.75, 3.05) is 6.54 Å². The van der Waals surface area contributed by atoms with Gasteiger partial charge in [0.25, 0.3) is 5.91 Å². The van der Waals surface area contributed by atoms with Crippen molar-refractivity contribution in [2.24, 2.45) is 4.99 Å². The van der Waals surface area contributed by atoms with Gasteiger partial charge in [-0.2, -0.15) is 0 Å². The predicted molar refractivity (Wildman–Crippen MR) is 60.2 cm³/mol. The fourth-order valence-corrected chi connectivity index (χ4v) is 1.55. The molecule has 2 rings (SSSR count). The second-order valence-electron chi connectivity index (χ2n) is 3.75. The first-order valence-electron chi connectivity index (χ1n) is 5.17. The molecule has 1 aliphatic rings. The van der Waals surface area contributed by atoms with Crippen molar-refractivity contribution in [1.82, 2.24) is 5.32 Å². The minimum atomic E-state index is -0.0596. The molecule has 1 amide bonds. The highest BCUT2D eigenvalue weighted by Crippen LogP contribution is 2.05. The van der Waals surface area contributed by atoms with Crippen molar-refractivity contribution >= 4 is 11.7 Å². The quantitative estimate of drug-likeness (QED) is 0.742. The summed E-state index contributed by atoms with van der Waals surface area (Å²) in [5, 5.41) is 2.83. The van der Waals surface area contributed by atoms with Crippen LogP contribution in [-0.4, -0.2) is 18.3 Å². The molecule has 0 aromatic heterocycles. The number of carbonyl (C=O) groups excluding carboxylic acids is 1. The van der Waals surface area contributed by atoms with Crippen LogP contribution in [0.5, 0.6) is 0 Å². The first-order chi connectivity index (χ1) is 7.25. The van der Waals surface area contributed by atoms with Crippen LogP contribution >= 0.6 is 0 Å². The fraction of sp³-hybridized carbons (Fsp3) is 0.333. The third kappa shape index (κ3) is 2.43. The van der Waals surface area contributed by atoms with Gasteiger partial charge >= 0.3 is 0 Å². The number of carbonyl (C=O) groups is 1. The van der Waals surface area contributed by atoms with Crippen molar-refractivity contribution in [3.05, 3.63) is 35.4 Å². The molecule has 15 heavy (non-hydrogen) atoms. The molecule has 1 aliphatic heterocycles. The number of nitrogens with one attached hydrogen (secondary N) is 1. The highest BCUT2D eigenvalue weighted by atomic mass is 16.1. The second kappa shape index (κ2) is 4.26. The van der Waals surface area contributed by atoms with Crippen molar-refractivity contribution in [3.63, 3.8) is 0 Å². The van der Waals surface area contributed by atoms with Gasteiger partial charge in [0, 0.05) is 18.5 Å². The van der Waals surface area contributed by atoms with E-state index in [0.717, 1.165) is 30.8 Å². The van der Waals surface area contributed by atoms with Crippen LogP contribution in [0.25, 0.3) is 0 Å². The number of aryl methyl sites for hydroxylation is 1. The van der Waals surface area contributed by atoms with Crippen LogP contribution in [0, 0.1) is 6.92 Å². The number of amidine groups is 1. The van der Waals surface area contributed by atoms with Crippen molar-refractivity contribution in [2.45, 2.75) is 19.8 Å². The van der Waals surface area contributed by atoms with E-state index in [2.05, 4.69) is 10.3 Å². The molecule has 0 spiro atoms. The third-order valence-electron chi connectivity index (χ3n) is 2.45. The summed E-state index contributed by atoms with van der Waals surface area (Å²) in [6, 6.07) is 7.54. The van der Waals surface area contributed by atoms with Gasteiger partial charge in [0.2, 0.25) is 0 Å². The van der Waals surface area contributed by atoms with Crippen molar-refractivity contribution < 1.29 is 4.79 Å². The van der Waals surface area contributed by atoms with Gasteiger partial charge in [-0.1, -0.05) is 17.7 Å². The monoisotopic (exact) mass is 202 g/mol. The minimum absolute atomic E-state index is 0.0596. The molecular formula is C12H14N2O. The maximum Gasteiger partial charge on any atom is 0.256 e. The number of hydrogen-bond donors (Lipinski definition) is 1. The zero-order valence-electron chi connectivity index (χ0n) is 8.79. The minimum Gasteiger partial charge on any atom is -0.310 e. The maximum atomic E-state index is 11.7. The van der Waals surface area contributed by atoms with Gasteiger partial charge in [0.1, 0.15) is 5.84 Å². The first kappa shape index (κ1) is 9.90. The van der Waals surface area contributed by atoms with Gasteiger partial charge < -0.3 is 5.32 Å². The Morgan fingerprint density at radius 2 is 2.07 bits per heavy atom. The predicted octanol–water partition coefficient (Wildman–Crippen LogP) is 1.92. The van der Waals surface area contributed by atoms with Crippen molar-refractivity contribution in [1.29, 1.82) is 0 Å². The van der Waals surface area contributed by atoms with Crippen molar-refractivity contribution in [3.8, 4) is 0 Å². The van der Waals surface area contributed by atoms with E-state index < -0.39 is 0 Å². The maximum absolute atomic E-state index is 11.7. The highest BCUT2D eigenvalue weighted by Gasteiger charge is 2.11. The number of aliphatic imine (C=N–C) groups is 1. The molecule has 0 aliphatic carbocycles. The van der Waals surface area contributed by atoms with E-state index in [9.17, 15) is 4.79 Å². The lowest BCUT2D eigenvalue weighted by atomic mass is 10.1. The topological polar surface area (TPSA) is 41.5 Å². The Labute approximate surface area is 89.2 Å². The van der Waals surface area contributed by atoms with Crippen LogP contribution in [0.1, 0.15) is 28.8 Å². The summed E-state index contributed by atoms with van der Waals surface area (Å²) in [6.07, 6.45) is 1.93. The first-order valence-corrected chi connectivity index (χ1v) is 5.17. The average molecular weight is 202 g/mol. The van der Waals surface area contributed by atoms with Gasteiger partial charge in [-0.3, -0.25) is 9.79 Å². The standard InChI is InChI=1S/C12H14N2O/c1-9-4-6-10(7-5-9)12(15)14-11-3-2-8-13-11/h4-7H,2-3,8H2,1H3,(H,13,14,15). The largest absolute Gasteiger partial charge is 0.310 e. The van der Waals surface area contributed by atoms with E-state index in [1.807, 2.05) is 31.2 Å². The lowest BCUT2D eigenvalue weighted by Crippen LogP contribution is -2.28. The second-order valence-corrected chi connectivity index (χ2v) is 3.75. The summed E-state index contributed by atoms with van der Waals surface area (Å²) >= 11 is 0. The molecule has 0 saturated carbocycles. The van der Waals surface area contributed by atoms with Crippen LogP contribution in [0.2, 0.25) is 0 Å². The normalized spacial score (nSPS) is 14.9. The van der Waals surface area contributed by atoms with E-state index in [4.69, 9.17) is 0 Å². The Kier molecular flexibility index (Phi) is 2.81. The number of nitrogens with zero attached hydrogens (tertiary/aromatic N) is 1. The number of amides is 1. The molecule has 0 radical (unpaired) electrons. The SMILES string of the molecule is Cc1ccc(C(=O)NC2=NCCC2)cc1. The molecular weight excluding hydrogens is 188 g/mol. The number of hydrogen-bond acceptors (Lipinski definition) is 2. The average Bonchev–Trinajstić information content (AvgIpc) is 2.71. The molecule has 1 aromatic rings. The van der Waals surface area contributed by atoms with Crippen LogP contribution in [0.4, 0.5) is 0 Å². The van der Waals surface area contributed by atoms with E-state index >= 15 is 0 Å². The van der Waals surface area contributed by atoms with Crippen LogP contribution in [0.3, 0.4) is 0 Å². The molecule has 1 N–H and O–H groups in total. The van der Waals surface area contributed by atoms with Crippen LogP contribution in [0.15, 0.2) is 29.3 Å². The Bertz CT molecular complexity index is 393. The zero-order valence-corrected chi connectivity index (χ0v) is 8.79. The fourth-order valence-electron chi connectivity index (χ4n) is 1.55. The molecule has 78 valence electrons. The van der Waals surface area contributed by atoms with E-state index in [0.29, 0.717) is 5.56 Å². The smallest absolute Gasteiger partial charge is 0.256 e. The summed E-state index contributed by atoms with van der Waals surface area (Å²) in [4.78, 5) is 15.9. The van der Waals surface area contributed by atoms with Gasteiger partial charge in [0.15, 0.2) is 0 Å². The summed E-state index contributed by atoms with van der Waals surface area (Å²) < 4.78 is 0. The van der Waals surface area contributed by atoms with Gasteiger partial charge in [-0.25, -0.2) is 0 Å². The molecule has 0 atom stereocenters. The Balaban J connectivity index is 2.04. The Hall–Kier alpha value is -1.64. The zero-order chi connectivity index (χ0) is 10.7. The molecule has 0 unspecified atom stereocenters. The van der Waals surface area contributed by atoms with E-state index in [1.54, 1.807) is 0 Å². The van der Waals surface area contributed by atoms with Gasteiger partial charge in [0.05, 0.1) is 0 Å². The molecule has 0 fully saturated rings. The summed E-state index contributed by atoms with van der Waals surface area (Å²) in [5.41, 5.74) is 1.85. The summed E-state index contributed by atoms with van der Waals surface area (Å²) in [7, 11) is 0. The van der Waals surface area contributed by atoms with Crippen LogP contribution < -0.4 is 5.32 Å². The molecule has 0 saturated heterocycles. The van der Waals surface area contributed by atoms with E-state index in [-0.39, 0.29) is 5.91 Å². The van der Waals surface area contributed by atoms with Crippen LogP contribution in [-0.2, 0) is 0 Å². The number of rotatable bonds is 1. The summed E-state index contributed by atoms with van der Waals surface area (Å²) in [6.45, 7) is 2.84. The lowest BCUT2D eigenvalue weighted by Gasteiger charge is -2.04. The van der Waals surface area contributed by atoms with Gasteiger partial charge in [-0.05, 0) is 25.5 Å². The third-order valence-corrected chi connectivity index (χ3v) is 2.45. The lowest BCUT2D eigenvalue weighted by molar-refractivity contribution is 0.0976. The van der Waals surface area contributed by atoms with E-state index in [1.165, 1.54) is 0 Å². The summed E-state index contributed by atoms with van der Waals surface area (Å²) in [5.74, 6) is 0.760.